The van der Waals surface area contributed by atoms with Crippen molar-refractivity contribution in [1.29, 1.82) is 0 Å². The molecule has 3 heteroatoms. The minimum atomic E-state index is 0.318. The Kier molecular flexibility index (Phi) is 5.39. The van der Waals surface area contributed by atoms with Crippen LogP contribution in [0, 0.1) is 0 Å². The largest absolute Gasteiger partial charge is 0.496 e. The van der Waals surface area contributed by atoms with Gasteiger partial charge in [0.05, 0.1) is 13.7 Å². The van der Waals surface area contributed by atoms with Crippen molar-refractivity contribution in [3.8, 4) is 5.75 Å². The van der Waals surface area contributed by atoms with E-state index in [0.29, 0.717) is 6.04 Å². The van der Waals surface area contributed by atoms with Gasteiger partial charge in [-0.15, -0.1) is 0 Å². The summed E-state index contributed by atoms with van der Waals surface area (Å²) in [4.78, 5) is 0. The average Bonchev–Trinajstić information content (AvgIpc) is 2.50. The van der Waals surface area contributed by atoms with Crippen LogP contribution in [-0.4, -0.2) is 26.4 Å². The molecule has 0 spiro atoms. The minimum Gasteiger partial charge on any atom is -0.496 e. The maximum Gasteiger partial charge on any atom is 0.123 e. The van der Waals surface area contributed by atoms with Gasteiger partial charge in [0, 0.05) is 24.8 Å². The van der Waals surface area contributed by atoms with Crippen molar-refractivity contribution >= 4 is 10.8 Å². The first-order chi connectivity index (χ1) is 9.76. The zero-order valence-electron chi connectivity index (χ0n) is 12.5. The maximum absolute atomic E-state index is 5.50. The summed E-state index contributed by atoms with van der Waals surface area (Å²) in [7, 11) is 1.72. The number of hydrogen-bond acceptors (Lipinski definition) is 3. The van der Waals surface area contributed by atoms with E-state index < -0.39 is 0 Å². The highest BCUT2D eigenvalue weighted by atomic mass is 16.5. The molecule has 2 aromatic carbocycles. The molecule has 0 aliphatic rings. The van der Waals surface area contributed by atoms with E-state index in [1.54, 1.807) is 7.11 Å². The molecule has 1 atom stereocenters. The minimum absolute atomic E-state index is 0.318. The third kappa shape index (κ3) is 3.50. The normalized spacial score (nSPS) is 12.6. The van der Waals surface area contributed by atoms with Crippen molar-refractivity contribution in [1.82, 2.24) is 5.32 Å². The second kappa shape index (κ2) is 7.27. The van der Waals surface area contributed by atoms with Gasteiger partial charge in [0.15, 0.2) is 0 Å². The SMILES string of the molecule is CCOCC(C)NCc1c(OC)ccc2ccccc12. The van der Waals surface area contributed by atoms with Gasteiger partial charge in [-0.2, -0.15) is 0 Å². The lowest BCUT2D eigenvalue weighted by molar-refractivity contribution is 0.127. The number of benzene rings is 2. The monoisotopic (exact) mass is 273 g/mol. The molecule has 0 fully saturated rings. The Balaban J connectivity index is 2.18. The maximum atomic E-state index is 5.50. The van der Waals surface area contributed by atoms with Gasteiger partial charge in [0.25, 0.3) is 0 Å². The van der Waals surface area contributed by atoms with Crippen LogP contribution in [0.25, 0.3) is 10.8 Å². The summed E-state index contributed by atoms with van der Waals surface area (Å²) >= 11 is 0. The van der Waals surface area contributed by atoms with E-state index in [4.69, 9.17) is 9.47 Å². The van der Waals surface area contributed by atoms with Gasteiger partial charge < -0.3 is 14.8 Å². The van der Waals surface area contributed by atoms with E-state index in [0.717, 1.165) is 25.5 Å². The van der Waals surface area contributed by atoms with Crippen LogP contribution >= 0.6 is 0 Å². The van der Waals surface area contributed by atoms with Crippen LogP contribution in [0.15, 0.2) is 36.4 Å². The van der Waals surface area contributed by atoms with Crippen LogP contribution < -0.4 is 10.1 Å². The highest BCUT2D eigenvalue weighted by molar-refractivity contribution is 5.87. The molecule has 3 nitrogen and oxygen atoms in total. The van der Waals surface area contributed by atoms with Crippen molar-refractivity contribution in [2.45, 2.75) is 26.4 Å². The number of methoxy groups -OCH3 is 1. The summed E-state index contributed by atoms with van der Waals surface area (Å²) in [6, 6.07) is 12.8. The Labute approximate surface area is 120 Å². The van der Waals surface area contributed by atoms with Crippen LogP contribution in [0.5, 0.6) is 5.75 Å². The van der Waals surface area contributed by atoms with Crippen molar-refractivity contribution in [2.24, 2.45) is 0 Å². The molecule has 2 rings (SSSR count). The molecular formula is C17H23NO2. The molecule has 0 aliphatic heterocycles. The summed E-state index contributed by atoms with van der Waals surface area (Å²) in [5, 5.41) is 5.97. The van der Waals surface area contributed by atoms with Crippen molar-refractivity contribution in [3.05, 3.63) is 42.0 Å². The zero-order chi connectivity index (χ0) is 14.4. The van der Waals surface area contributed by atoms with Gasteiger partial charge in [-0.25, -0.2) is 0 Å². The lowest BCUT2D eigenvalue weighted by atomic mass is 10.0. The van der Waals surface area contributed by atoms with Gasteiger partial charge in [0.1, 0.15) is 5.75 Å². The molecule has 0 saturated heterocycles. The first-order valence-corrected chi connectivity index (χ1v) is 7.12. The van der Waals surface area contributed by atoms with Crippen molar-refractivity contribution in [2.75, 3.05) is 20.3 Å². The fourth-order valence-electron chi connectivity index (χ4n) is 2.32. The summed E-state index contributed by atoms with van der Waals surface area (Å²) < 4.78 is 10.9. The van der Waals surface area contributed by atoms with E-state index in [-0.39, 0.29) is 0 Å². The predicted octanol–water partition coefficient (Wildman–Crippen LogP) is 3.36. The lowest BCUT2D eigenvalue weighted by Gasteiger charge is -2.17. The topological polar surface area (TPSA) is 30.5 Å². The average molecular weight is 273 g/mol. The molecular weight excluding hydrogens is 250 g/mol. The molecule has 0 saturated carbocycles. The van der Waals surface area contributed by atoms with Gasteiger partial charge in [0.2, 0.25) is 0 Å². The summed E-state index contributed by atoms with van der Waals surface area (Å²) in [6.07, 6.45) is 0. The van der Waals surface area contributed by atoms with E-state index in [9.17, 15) is 0 Å². The zero-order valence-corrected chi connectivity index (χ0v) is 12.5. The molecule has 0 amide bonds. The molecule has 0 radical (unpaired) electrons. The number of hydrogen-bond donors (Lipinski definition) is 1. The quantitative estimate of drug-likeness (QED) is 0.839. The van der Waals surface area contributed by atoms with Gasteiger partial charge in [-0.1, -0.05) is 30.3 Å². The number of nitrogens with one attached hydrogen (secondary N) is 1. The second-order valence-corrected chi connectivity index (χ2v) is 4.91. The Hall–Kier alpha value is -1.58. The van der Waals surface area contributed by atoms with Gasteiger partial charge in [-0.3, -0.25) is 0 Å². The molecule has 1 N–H and O–H groups in total. The third-order valence-corrected chi connectivity index (χ3v) is 3.42. The molecule has 108 valence electrons. The van der Waals surface area contributed by atoms with Crippen molar-refractivity contribution in [3.63, 3.8) is 0 Å². The number of rotatable bonds is 7. The Bertz CT molecular complexity index is 554. The van der Waals surface area contributed by atoms with E-state index in [1.165, 1.54) is 16.3 Å². The third-order valence-electron chi connectivity index (χ3n) is 3.42. The molecule has 2 aromatic rings. The van der Waals surface area contributed by atoms with Crippen LogP contribution in [0.4, 0.5) is 0 Å². The Morgan fingerprint density at radius 1 is 1.15 bits per heavy atom. The van der Waals surface area contributed by atoms with Crippen LogP contribution in [0.2, 0.25) is 0 Å². The predicted molar refractivity (Wildman–Crippen MR) is 83.3 cm³/mol. The standard InChI is InChI=1S/C17H23NO2/c1-4-20-12-13(2)18-11-16-15-8-6-5-7-14(15)9-10-17(16)19-3/h5-10,13,18H,4,11-12H2,1-3H3. The first kappa shape index (κ1) is 14.8. The Morgan fingerprint density at radius 3 is 2.70 bits per heavy atom. The molecule has 0 aromatic heterocycles. The van der Waals surface area contributed by atoms with E-state index >= 15 is 0 Å². The first-order valence-electron chi connectivity index (χ1n) is 7.12. The van der Waals surface area contributed by atoms with Gasteiger partial charge >= 0.3 is 0 Å². The molecule has 0 aliphatic carbocycles. The molecule has 1 unspecified atom stereocenters. The smallest absolute Gasteiger partial charge is 0.123 e. The molecule has 0 bridgehead atoms. The van der Waals surface area contributed by atoms with Crippen LogP contribution in [0.1, 0.15) is 19.4 Å². The Morgan fingerprint density at radius 2 is 1.95 bits per heavy atom. The highest BCUT2D eigenvalue weighted by Gasteiger charge is 2.09. The summed E-state index contributed by atoms with van der Waals surface area (Å²) in [5.41, 5.74) is 1.20. The number of ether oxygens (including phenoxy) is 2. The van der Waals surface area contributed by atoms with Gasteiger partial charge in [-0.05, 0) is 30.7 Å². The van der Waals surface area contributed by atoms with Crippen LogP contribution in [-0.2, 0) is 11.3 Å². The molecule has 20 heavy (non-hydrogen) atoms. The lowest BCUT2D eigenvalue weighted by Crippen LogP contribution is -2.30. The molecule has 0 heterocycles. The fourth-order valence-corrected chi connectivity index (χ4v) is 2.32. The van der Waals surface area contributed by atoms with Crippen LogP contribution in [0.3, 0.4) is 0 Å². The fraction of sp³-hybridized carbons (Fsp3) is 0.412. The highest BCUT2D eigenvalue weighted by Crippen LogP contribution is 2.27. The van der Waals surface area contributed by atoms with E-state index in [1.807, 2.05) is 13.0 Å². The summed E-state index contributed by atoms with van der Waals surface area (Å²) in [6.45, 7) is 6.40. The number of fused-ring (bicyclic) bond motifs is 1. The summed E-state index contributed by atoms with van der Waals surface area (Å²) in [5.74, 6) is 0.930. The van der Waals surface area contributed by atoms with Crippen molar-refractivity contribution < 1.29 is 9.47 Å². The van der Waals surface area contributed by atoms with E-state index in [2.05, 4.69) is 42.6 Å². The second-order valence-electron chi connectivity index (χ2n) is 4.91.